The van der Waals surface area contributed by atoms with Crippen LogP contribution >= 0.6 is 0 Å². The number of carbonyl (C=O) groups is 1. The van der Waals surface area contributed by atoms with Crippen LogP contribution in [0.4, 0.5) is 17.3 Å². The third-order valence-corrected chi connectivity index (χ3v) is 5.46. The van der Waals surface area contributed by atoms with Gasteiger partial charge in [0, 0.05) is 37.2 Å². The highest BCUT2D eigenvalue weighted by Crippen LogP contribution is 2.22. The summed E-state index contributed by atoms with van der Waals surface area (Å²) in [6.45, 7) is 1.88. The van der Waals surface area contributed by atoms with Crippen LogP contribution in [0.25, 0.3) is 11.3 Å². The third-order valence-electron chi connectivity index (χ3n) is 5.46. The molecule has 5 N–H and O–H groups in total. The van der Waals surface area contributed by atoms with Gasteiger partial charge in [-0.1, -0.05) is 0 Å². The average Bonchev–Trinajstić information content (AvgIpc) is 2.79. The first-order valence-corrected chi connectivity index (χ1v) is 10.7. The second-order valence-corrected chi connectivity index (χ2v) is 7.77. The molecule has 1 fully saturated rings. The highest BCUT2D eigenvalue weighted by molar-refractivity contribution is 6.18. The highest BCUT2D eigenvalue weighted by Gasteiger charge is 2.23. The van der Waals surface area contributed by atoms with E-state index in [0.717, 1.165) is 25.0 Å². The van der Waals surface area contributed by atoms with E-state index in [4.69, 9.17) is 5.73 Å². The standard InChI is InChI=1S/C23H26N8O2/c1-14-8-9-16(13-26-14)31-10-4-7-18(23(31)33)28-20-11-19(25-2)29-21(30-20)17(12-24)22(32)27-15-5-3-6-15/h4,7-13,15H,3,5-6,24H2,1-2H3,(H,27,32)(H2,25,28,29,30). The zero-order valence-electron chi connectivity index (χ0n) is 18.5. The van der Waals surface area contributed by atoms with Gasteiger partial charge in [-0.3, -0.25) is 19.1 Å². The summed E-state index contributed by atoms with van der Waals surface area (Å²) in [7, 11) is 1.70. The van der Waals surface area contributed by atoms with E-state index < -0.39 is 0 Å². The molecule has 3 aromatic rings. The third kappa shape index (κ3) is 4.84. The Morgan fingerprint density at radius 2 is 2.00 bits per heavy atom. The lowest BCUT2D eigenvalue weighted by Crippen LogP contribution is -2.40. The van der Waals surface area contributed by atoms with Gasteiger partial charge in [-0.05, 0) is 50.5 Å². The number of nitrogens with two attached hydrogens (primary N) is 1. The Hall–Kier alpha value is -4.21. The summed E-state index contributed by atoms with van der Waals surface area (Å²) in [4.78, 5) is 38.8. The molecule has 0 radical (unpaired) electrons. The van der Waals surface area contributed by atoms with Crippen molar-refractivity contribution < 1.29 is 4.79 Å². The molecule has 3 heterocycles. The van der Waals surface area contributed by atoms with Crippen molar-refractivity contribution in [1.82, 2.24) is 24.8 Å². The van der Waals surface area contributed by atoms with Crippen LogP contribution in [-0.4, -0.2) is 38.5 Å². The summed E-state index contributed by atoms with van der Waals surface area (Å²) in [5.74, 6) is 0.646. The number of hydrogen-bond donors (Lipinski definition) is 4. The molecular weight excluding hydrogens is 420 g/mol. The molecule has 10 heteroatoms. The molecule has 1 saturated carbocycles. The number of nitrogens with zero attached hydrogens (tertiary/aromatic N) is 4. The first kappa shape index (κ1) is 22.0. The van der Waals surface area contributed by atoms with Gasteiger partial charge >= 0.3 is 0 Å². The largest absolute Gasteiger partial charge is 0.404 e. The normalized spacial score (nSPS) is 13.8. The molecule has 0 aliphatic heterocycles. The number of rotatable bonds is 7. The van der Waals surface area contributed by atoms with Crippen molar-refractivity contribution in [3.63, 3.8) is 0 Å². The van der Waals surface area contributed by atoms with Gasteiger partial charge in [0.15, 0.2) is 5.82 Å². The zero-order valence-corrected chi connectivity index (χ0v) is 18.5. The van der Waals surface area contributed by atoms with E-state index in [-0.39, 0.29) is 28.9 Å². The minimum Gasteiger partial charge on any atom is -0.404 e. The highest BCUT2D eigenvalue weighted by atomic mass is 16.2. The maximum absolute atomic E-state index is 13.1. The lowest BCUT2D eigenvalue weighted by atomic mass is 9.93. The van der Waals surface area contributed by atoms with Crippen LogP contribution < -0.4 is 27.2 Å². The van der Waals surface area contributed by atoms with Gasteiger partial charge in [-0.15, -0.1) is 0 Å². The van der Waals surface area contributed by atoms with Crippen molar-refractivity contribution in [3.05, 3.63) is 70.8 Å². The van der Waals surface area contributed by atoms with Gasteiger partial charge in [0.1, 0.15) is 17.3 Å². The summed E-state index contributed by atoms with van der Waals surface area (Å²) >= 11 is 0. The summed E-state index contributed by atoms with van der Waals surface area (Å²) < 4.78 is 1.49. The monoisotopic (exact) mass is 446 g/mol. The molecule has 0 atom stereocenters. The number of carbonyl (C=O) groups excluding carboxylic acids is 1. The number of aryl methyl sites for hydroxylation is 1. The van der Waals surface area contributed by atoms with Gasteiger partial charge in [-0.25, -0.2) is 9.97 Å². The molecule has 33 heavy (non-hydrogen) atoms. The van der Waals surface area contributed by atoms with E-state index in [1.54, 1.807) is 37.6 Å². The van der Waals surface area contributed by atoms with E-state index in [9.17, 15) is 9.59 Å². The molecule has 170 valence electrons. The number of amides is 1. The fraction of sp³-hybridized carbons (Fsp3) is 0.261. The lowest BCUT2D eigenvalue weighted by Gasteiger charge is -2.26. The quantitative estimate of drug-likeness (QED) is 0.405. The van der Waals surface area contributed by atoms with Crippen LogP contribution in [-0.2, 0) is 4.79 Å². The van der Waals surface area contributed by atoms with Gasteiger partial charge < -0.3 is 21.7 Å². The van der Waals surface area contributed by atoms with Gasteiger partial charge in [0.05, 0.1) is 17.5 Å². The predicted molar refractivity (Wildman–Crippen MR) is 127 cm³/mol. The second kappa shape index (κ2) is 9.51. The molecule has 0 unspecified atom stereocenters. The molecule has 0 spiro atoms. The Morgan fingerprint density at radius 3 is 2.64 bits per heavy atom. The van der Waals surface area contributed by atoms with E-state index >= 15 is 0 Å². The molecule has 3 aromatic heterocycles. The topological polar surface area (TPSA) is 140 Å². The molecule has 1 aliphatic carbocycles. The fourth-order valence-corrected chi connectivity index (χ4v) is 3.36. The zero-order chi connectivity index (χ0) is 23.4. The number of nitrogens with one attached hydrogen (secondary N) is 3. The minimum atomic E-state index is -0.324. The Labute approximate surface area is 191 Å². The van der Waals surface area contributed by atoms with Crippen LogP contribution in [0.5, 0.6) is 0 Å². The van der Waals surface area contributed by atoms with Crippen molar-refractivity contribution in [1.29, 1.82) is 0 Å². The molecule has 10 nitrogen and oxygen atoms in total. The predicted octanol–water partition coefficient (Wildman–Crippen LogP) is 2.08. The van der Waals surface area contributed by atoms with Crippen molar-refractivity contribution in [2.24, 2.45) is 5.73 Å². The molecule has 0 bridgehead atoms. The molecule has 4 rings (SSSR count). The van der Waals surface area contributed by atoms with Gasteiger partial charge in [-0.2, -0.15) is 0 Å². The second-order valence-electron chi connectivity index (χ2n) is 7.77. The van der Waals surface area contributed by atoms with Crippen LogP contribution in [0.1, 0.15) is 30.8 Å². The van der Waals surface area contributed by atoms with Gasteiger partial charge in [0.2, 0.25) is 0 Å². The van der Waals surface area contributed by atoms with Crippen LogP contribution in [0.3, 0.4) is 0 Å². The number of anilines is 3. The van der Waals surface area contributed by atoms with E-state index in [1.165, 1.54) is 10.8 Å². The van der Waals surface area contributed by atoms with E-state index in [2.05, 4.69) is 30.9 Å². The molecule has 1 aliphatic rings. The number of pyridine rings is 2. The minimum absolute atomic E-state index is 0.150. The van der Waals surface area contributed by atoms with E-state index in [0.29, 0.717) is 23.0 Å². The summed E-state index contributed by atoms with van der Waals surface area (Å²) in [6, 6.07) is 8.87. The molecule has 0 saturated heterocycles. The first-order valence-electron chi connectivity index (χ1n) is 10.7. The number of aromatic nitrogens is 4. The first-order chi connectivity index (χ1) is 16.0. The summed E-state index contributed by atoms with van der Waals surface area (Å²) in [5, 5.41) is 8.94. The van der Waals surface area contributed by atoms with Crippen molar-refractivity contribution in [2.75, 3.05) is 17.7 Å². The van der Waals surface area contributed by atoms with Crippen molar-refractivity contribution in [2.45, 2.75) is 32.2 Å². The Morgan fingerprint density at radius 1 is 1.21 bits per heavy atom. The molecule has 1 amide bonds. The lowest BCUT2D eigenvalue weighted by molar-refractivity contribution is -0.116. The Bertz CT molecular complexity index is 1250. The van der Waals surface area contributed by atoms with Crippen molar-refractivity contribution >= 4 is 28.8 Å². The molecule has 0 aromatic carbocycles. The smallest absolute Gasteiger partial charge is 0.278 e. The van der Waals surface area contributed by atoms with Crippen LogP contribution in [0, 0.1) is 6.92 Å². The van der Waals surface area contributed by atoms with Crippen LogP contribution in [0.2, 0.25) is 0 Å². The number of hydrogen-bond acceptors (Lipinski definition) is 8. The fourth-order valence-electron chi connectivity index (χ4n) is 3.36. The van der Waals surface area contributed by atoms with Crippen LogP contribution in [0.15, 0.2) is 53.7 Å². The Kier molecular flexibility index (Phi) is 6.34. The summed E-state index contributed by atoms with van der Waals surface area (Å²) in [5.41, 5.74) is 7.46. The molecular formula is C23H26N8O2. The maximum Gasteiger partial charge on any atom is 0.278 e. The maximum atomic E-state index is 13.1. The summed E-state index contributed by atoms with van der Waals surface area (Å²) in [6.07, 6.45) is 7.51. The SMILES string of the molecule is CNc1cc(Nc2cccn(-c3ccc(C)nc3)c2=O)nc(C(=CN)C(=O)NC2CCC2)n1. The Balaban J connectivity index is 1.65. The average molecular weight is 447 g/mol. The van der Waals surface area contributed by atoms with E-state index in [1.807, 2.05) is 19.1 Å². The van der Waals surface area contributed by atoms with Gasteiger partial charge in [0.25, 0.3) is 11.5 Å². The van der Waals surface area contributed by atoms with Crippen molar-refractivity contribution in [3.8, 4) is 5.69 Å².